The molecule has 0 unspecified atom stereocenters. The highest BCUT2D eigenvalue weighted by atomic mass is 32.2. The van der Waals surface area contributed by atoms with Crippen LogP contribution in [0.15, 0.2) is 12.1 Å². The molecule has 1 rings (SSSR count). The number of sulfonamides is 1. The van der Waals surface area contributed by atoms with Crippen LogP contribution in [0.5, 0.6) is 0 Å². The van der Waals surface area contributed by atoms with Crippen molar-refractivity contribution in [3.63, 3.8) is 0 Å². The molecular formula is C11H15F2N3O2S2. The van der Waals surface area contributed by atoms with Crippen LogP contribution >= 0.6 is 12.2 Å². The van der Waals surface area contributed by atoms with Gasteiger partial charge in [0.1, 0.15) is 22.3 Å². The van der Waals surface area contributed by atoms with Crippen LogP contribution in [0.4, 0.5) is 14.5 Å². The second-order valence-electron chi connectivity index (χ2n) is 4.13. The SMILES string of the molecule is CS(=O)(=O)NCCCNc1c(F)cc(C(N)=S)cc1F. The van der Waals surface area contributed by atoms with Crippen molar-refractivity contribution in [2.45, 2.75) is 6.42 Å². The van der Waals surface area contributed by atoms with Crippen LogP contribution in [0.3, 0.4) is 0 Å². The fourth-order valence-electron chi connectivity index (χ4n) is 1.44. The Kier molecular flexibility index (Phi) is 5.78. The predicted molar refractivity (Wildman–Crippen MR) is 78.2 cm³/mol. The number of nitrogens with two attached hydrogens (primary N) is 1. The number of anilines is 1. The van der Waals surface area contributed by atoms with E-state index in [-0.39, 0.29) is 29.3 Å². The normalized spacial score (nSPS) is 11.3. The van der Waals surface area contributed by atoms with Crippen molar-refractivity contribution in [1.82, 2.24) is 4.72 Å². The molecule has 0 saturated heterocycles. The zero-order valence-electron chi connectivity index (χ0n) is 10.7. The third kappa shape index (κ3) is 5.35. The Morgan fingerprint density at radius 2 is 1.85 bits per heavy atom. The first-order valence-corrected chi connectivity index (χ1v) is 7.98. The third-order valence-corrected chi connectivity index (χ3v) is 3.31. The third-order valence-electron chi connectivity index (χ3n) is 2.35. The smallest absolute Gasteiger partial charge is 0.208 e. The fourth-order valence-corrected chi connectivity index (χ4v) is 2.08. The highest BCUT2D eigenvalue weighted by Crippen LogP contribution is 2.20. The minimum atomic E-state index is -3.25. The van der Waals surface area contributed by atoms with Crippen molar-refractivity contribution >= 4 is 32.9 Å². The summed E-state index contributed by atoms with van der Waals surface area (Å²) in [5.41, 5.74) is 5.12. The maximum atomic E-state index is 13.6. The van der Waals surface area contributed by atoms with Crippen LogP contribution in [0.2, 0.25) is 0 Å². The average molecular weight is 323 g/mol. The van der Waals surface area contributed by atoms with Gasteiger partial charge in [-0.1, -0.05) is 12.2 Å². The predicted octanol–water partition coefficient (Wildman–Crippen LogP) is 0.950. The van der Waals surface area contributed by atoms with E-state index >= 15 is 0 Å². The molecule has 112 valence electrons. The van der Waals surface area contributed by atoms with Crippen LogP contribution in [0.25, 0.3) is 0 Å². The Bertz CT molecular complexity index is 583. The fraction of sp³-hybridized carbons (Fsp3) is 0.364. The van der Waals surface area contributed by atoms with Gasteiger partial charge >= 0.3 is 0 Å². The molecule has 5 nitrogen and oxygen atoms in total. The van der Waals surface area contributed by atoms with Gasteiger partial charge in [-0.25, -0.2) is 21.9 Å². The van der Waals surface area contributed by atoms with Crippen molar-refractivity contribution in [3.8, 4) is 0 Å². The molecule has 0 radical (unpaired) electrons. The first-order valence-electron chi connectivity index (χ1n) is 5.68. The lowest BCUT2D eigenvalue weighted by Gasteiger charge is -2.10. The van der Waals surface area contributed by atoms with Crippen molar-refractivity contribution in [1.29, 1.82) is 0 Å². The molecule has 0 heterocycles. The van der Waals surface area contributed by atoms with Gasteiger partial charge in [0, 0.05) is 18.7 Å². The van der Waals surface area contributed by atoms with Gasteiger partial charge in [-0.2, -0.15) is 0 Å². The summed E-state index contributed by atoms with van der Waals surface area (Å²) in [5.74, 6) is -1.60. The zero-order chi connectivity index (χ0) is 15.3. The average Bonchev–Trinajstić information content (AvgIpc) is 2.29. The number of hydrogen-bond acceptors (Lipinski definition) is 4. The summed E-state index contributed by atoms with van der Waals surface area (Å²) < 4.78 is 51.2. The molecule has 0 amide bonds. The van der Waals surface area contributed by atoms with Gasteiger partial charge in [0.25, 0.3) is 0 Å². The van der Waals surface area contributed by atoms with Crippen LogP contribution in [-0.4, -0.2) is 32.8 Å². The van der Waals surface area contributed by atoms with E-state index in [4.69, 9.17) is 5.73 Å². The van der Waals surface area contributed by atoms with Gasteiger partial charge in [-0.05, 0) is 18.6 Å². The number of thiocarbonyl (C=S) groups is 1. The number of rotatable bonds is 7. The van der Waals surface area contributed by atoms with E-state index in [0.29, 0.717) is 6.42 Å². The molecule has 0 fully saturated rings. The Balaban J connectivity index is 2.59. The number of hydrogen-bond donors (Lipinski definition) is 3. The van der Waals surface area contributed by atoms with E-state index in [1.807, 2.05) is 0 Å². The van der Waals surface area contributed by atoms with E-state index in [1.165, 1.54) is 0 Å². The maximum Gasteiger partial charge on any atom is 0.208 e. The van der Waals surface area contributed by atoms with E-state index in [0.717, 1.165) is 18.4 Å². The van der Waals surface area contributed by atoms with Gasteiger partial charge in [-0.3, -0.25) is 0 Å². The molecular weight excluding hydrogens is 308 g/mol. The van der Waals surface area contributed by atoms with Crippen molar-refractivity contribution in [2.24, 2.45) is 5.73 Å². The summed E-state index contributed by atoms with van der Waals surface area (Å²) in [4.78, 5) is -0.0910. The number of halogens is 2. The topological polar surface area (TPSA) is 84.2 Å². The molecule has 9 heteroatoms. The lowest BCUT2D eigenvalue weighted by molar-refractivity contribution is 0.581. The van der Waals surface area contributed by atoms with Gasteiger partial charge in [0.05, 0.1) is 6.26 Å². The minimum Gasteiger partial charge on any atom is -0.389 e. The Morgan fingerprint density at radius 3 is 2.30 bits per heavy atom. The summed E-state index contributed by atoms with van der Waals surface area (Å²) in [7, 11) is -3.25. The molecule has 0 bridgehead atoms. The van der Waals surface area contributed by atoms with Crippen LogP contribution in [0.1, 0.15) is 12.0 Å². The number of nitrogens with one attached hydrogen (secondary N) is 2. The Morgan fingerprint density at radius 1 is 1.30 bits per heavy atom. The van der Waals surface area contributed by atoms with Crippen LogP contribution in [0, 0.1) is 11.6 Å². The molecule has 0 aliphatic carbocycles. The number of benzene rings is 1. The van der Waals surface area contributed by atoms with Gasteiger partial charge in [-0.15, -0.1) is 0 Å². The summed E-state index contributed by atoms with van der Waals surface area (Å²) >= 11 is 4.64. The zero-order valence-corrected chi connectivity index (χ0v) is 12.4. The lowest BCUT2D eigenvalue weighted by Crippen LogP contribution is -2.24. The molecule has 0 aliphatic rings. The quantitative estimate of drug-likeness (QED) is 0.514. The van der Waals surface area contributed by atoms with Gasteiger partial charge in [0.15, 0.2) is 0 Å². The summed E-state index contributed by atoms with van der Waals surface area (Å²) in [6.45, 7) is 0.392. The van der Waals surface area contributed by atoms with Crippen LogP contribution in [-0.2, 0) is 10.0 Å². The monoisotopic (exact) mass is 323 g/mol. The van der Waals surface area contributed by atoms with E-state index < -0.39 is 21.7 Å². The maximum absolute atomic E-state index is 13.6. The van der Waals surface area contributed by atoms with Crippen molar-refractivity contribution < 1.29 is 17.2 Å². The molecule has 1 aromatic rings. The van der Waals surface area contributed by atoms with Crippen molar-refractivity contribution in [3.05, 3.63) is 29.3 Å². The van der Waals surface area contributed by atoms with E-state index in [2.05, 4.69) is 22.3 Å². The molecule has 0 aromatic heterocycles. The minimum absolute atomic E-state index is 0.0910. The summed E-state index contributed by atoms with van der Waals surface area (Å²) in [6.07, 6.45) is 1.41. The first kappa shape index (κ1) is 16.7. The Hall–Kier alpha value is -1.32. The Labute approximate surface area is 121 Å². The standard InChI is InChI=1S/C11H15F2N3O2S2/c1-20(17,18)16-4-2-3-15-10-8(12)5-7(11(14)19)6-9(10)13/h5-6,15-16H,2-4H2,1H3,(H2,14,19). The van der Waals surface area contributed by atoms with Crippen molar-refractivity contribution in [2.75, 3.05) is 24.7 Å². The molecule has 0 saturated carbocycles. The summed E-state index contributed by atoms with van der Waals surface area (Å²) in [6, 6.07) is 2.09. The molecule has 0 atom stereocenters. The molecule has 4 N–H and O–H groups in total. The van der Waals surface area contributed by atoms with E-state index in [1.54, 1.807) is 0 Å². The second-order valence-corrected chi connectivity index (χ2v) is 6.40. The lowest BCUT2D eigenvalue weighted by atomic mass is 10.2. The largest absolute Gasteiger partial charge is 0.389 e. The molecule has 0 spiro atoms. The molecule has 20 heavy (non-hydrogen) atoms. The molecule has 1 aromatic carbocycles. The van der Waals surface area contributed by atoms with Gasteiger partial charge < -0.3 is 11.1 Å². The summed E-state index contributed by atoms with van der Waals surface area (Å²) in [5, 5.41) is 2.56. The van der Waals surface area contributed by atoms with Crippen LogP contribution < -0.4 is 15.8 Å². The highest BCUT2D eigenvalue weighted by molar-refractivity contribution is 7.88. The first-order chi connectivity index (χ1) is 9.20. The highest BCUT2D eigenvalue weighted by Gasteiger charge is 2.12. The van der Waals surface area contributed by atoms with Gasteiger partial charge in [0.2, 0.25) is 10.0 Å². The molecule has 0 aliphatic heterocycles. The second kappa shape index (κ2) is 6.91. The van der Waals surface area contributed by atoms with E-state index in [9.17, 15) is 17.2 Å².